The topological polar surface area (TPSA) is 34.4 Å². The van der Waals surface area contributed by atoms with Crippen LogP contribution in [0.25, 0.3) is 33.5 Å². The fourth-order valence-electron chi connectivity index (χ4n) is 5.48. The highest BCUT2D eigenvalue weighted by Crippen LogP contribution is 2.44. The van der Waals surface area contributed by atoms with Crippen molar-refractivity contribution in [3.8, 4) is 0 Å². The molecule has 0 saturated heterocycles. The lowest BCUT2D eigenvalue weighted by Crippen LogP contribution is -2.25. The summed E-state index contributed by atoms with van der Waals surface area (Å²) in [6.07, 6.45) is 6.48. The van der Waals surface area contributed by atoms with Crippen molar-refractivity contribution in [2.24, 2.45) is 0 Å². The van der Waals surface area contributed by atoms with Gasteiger partial charge in [-0.05, 0) is 48.1 Å². The molecule has 0 fully saturated rings. The second kappa shape index (κ2) is 7.80. The van der Waals surface area contributed by atoms with E-state index in [0.29, 0.717) is 0 Å². The van der Waals surface area contributed by atoms with Gasteiger partial charge in [-0.25, -0.2) is 4.98 Å². The Kier molecular flexibility index (Phi) is 4.55. The van der Waals surface area contributed by atoms with Crippen LogP contribution in [0.15, 0.2) is 109 Å². The molecule has 0 N–H and O–H groups in total. The Morgan fingerprint density at radius 2 is 1.40 bits per heavy atom. The average Bonchev–Trinajstić information content (AvgIpc) is 3.34. The maximum atomic E-state index is 15.0. The Morgan fingerprint density at radius 1 is 0.714 bits per heavy atom. The normalized spacial score (nSPS) is 13.5. The van der Waals surface area contributed by atoms with Gasteiger partial charge in [-0.15, -0.1) is 0 Å². The van der Waals surface area contributed by atoms with Crippen molar-refractivity contribution >= 4 is 56.6 Å². The van der Waals surface area contributed by atoms with Gasteiger partial charge in [-0.1, -0.05) is 91.0 Å². The first-order valence-electron chi connectivity index (χ1n) is 12.0. The largest absolute Gasteiger partial charge is 0.309 e. The van der Waals surface area contributed by atoms with Crippen molar-refractivity contribution in [2.75, 3.05) is 0 Å². The number of allylic oxidation sites excluding steroid dienone is 1. The number of fused-ring (bicyclic) bond motifs is 8. The van der Waals surface area contributed by atoms with E-state index in [9.17, 15) is 0 Å². The summed E-state index contributed by atoms with van der Waals surface area (Å²) in [5.41, 5.74) is 5.53. The van der Waals surface area contributed by atoms with Gasteiger partial charge in [0, 0.05) is 21.3 Å². The zero-order valence-corrected chi connectivity index (χ0v) is 20.0. The number of aromatic nitrogens is 2. The lowest BCUT2D eigenvalue weighted by molar-refractivity contribution is 0.592. The molecule has 3 nitrogen and oxygen atoms in total. The van der Waals surface area contributed by atoms with Crippen molar-refractivity contribution in [3.63, 3.8) is 0 Å². The second-order valence-corrected chi connectivity index (χ2v) is 11.8. The van der Waals surface area contributed by atoms with Crippen molar-refractivity contribution in [2.45, 2.75) is 12.8 Å². The smallest absolute Gasteiger partial charge is 0.171 e. The summed E-state index contributed by atoms with van der Waals surface area (Å²) in [6, 6.07) is 34.4. The van der Waals surface area contributed by atoms with E-state index in [2.05, 4.69) is 53.0 Å². The zero-order valence-electron chi connectivity index (χ0n) is 19.1. The summed E-state index contributed by atoms with van der Waals surface area (Å²) in [4.78, 5) is 5.06. The van der Waals surface area contributed by atoms with Gasteiger partial charge in [0.2, 0.25) is 0 Å². The third-order valence-corrected chi connectivity index (χ3v) is 10.2. The number of hydrogen-bond donors (Lipinski definition) is 0. The fraction of sp³-hybridized carbons (Fsp3) is 0.0645. The van der Waals surface area contributed by atoms with Gasteiger partial charge in [-0.3, -0.25) is 4.40 Å². The summed E-state index contributed by atoms with van der Waals surface area (Å²) in [5, 5.41) is 4.78. The highest BCUT2D eigenvalue weighted by Gasteiger charge is 2.30. The highest BCUT2D eigenvalue weighted by atomic mass is 31.2. The van der Waals surface area contributed by atoms with Crippen molar-refractivity contribution in [1.82, 2.24) is 9.38 Å². The lowest BCUT2D eigenvalue weighted by Gasteiger charge is -2.22. The van der Waals surface area contributed by atoms with E-state index in [-0.39, 0.29) is 0 Å². The van der Waals surface area contributed by atoms with Crippen LogP contribution in [-0.2, 0) is 11.0 Å². The van der Waals surface area contributed by atoms with Crippen LogP contribution in [-0.4, -0.2) is 9.38 Å². The number of para-hydroxylation sites is 2. The predicted octanol–water partition coefficient (Wildman–Crippen LogP) is 6.24. The number of hydrogen-bond acceptors (Lipinski definition) is 2. The first kappa shape index (κ1) is 20.4. The average molecular weight is 471 g/mol. The van der Waals surface area contributed by atoms with Crippen LogP contribution in [0.5, 0.6) is 0 Å². The summed E-state index contributed by atoms with van der Waals surface area (Å²) < 4.78 is 17.3. The summed E-state index contributed by atoms with van der Waals surface area (Å²) in [7, 11) is -3.07. The molecule has 0 spiro atoms. The molecule has 1 aliphatic rings. The van der Waals surface area contributed by atoms with Gasteiger partial charge in [0.15, 0.2) is 7.14 Å². The van der Waals surface area contributed by atoms with Crippen molar-refractivity contribution in [1.29, 1.82) is 0 Å². The minimum atomic E-state index is -3.07. The number of benzene rings is 4. The molecule has 2 aromatic heterocycles. The molecule has 0 amide bonds. The SMILES string of the molecule is O=P(c1ccccc1)(c1ccccc1)c1ccc2c3c(n4c5ccccc5nc4c2c1)C=CCC3. The van der Waals surface area contributed by atoms with Gasteiger partial charge in [0.25, 0.3) is 0 Å². The highest BCUT2D eigenvalue weighted by molar-refractivity contribution is 7.85. The molecular weight excluding hydrogens is 447 g/mol. The fourth-order valence-corrected chi connectivity index (χ4v) is 8.16. The molecule has 4 aromatic carbocycles. The first-order chi connectivity index (χ1) is 17.2. The predicted molar refractivity (Wildman–Crippen MR) is 147 cm³/mol. The van der Waals surface area contributed by atoms with Crippen LogP contribution >= 0.6 is 7.14 Å². The summed E-state index contributed by atoms with van der Waals surface area (Å²) in [5.74, 6) is 0. The van der Waals surface area contributed by atoms with E-state index in [1.54, 1.807) is 0 Å². The van der Waals surface area contributed by atoms with Gasteiger partial charge in [0.05, 0.1) is 16.7 Å². The van der Waals surface area contributed by atoms with Gasteiger partial charge in [-0.2, -0.15) is 0 Å². The molecule has 0 unspecified atom stereocenters. The minimum Gasteiger partial charge on any atom is -0.309 e. The summed E-state index contributed by atoms with van der Waals surface area (Å²) in [6.45, 7) is 0. The molecule has 0 atom stereocenters. The standard InChI is InChI=1S/C31H23N2OP/c34-35(22-11-3-1-4-12-22,23-13-5-2-6-14-23)24-19-20-25-26-15-7-9-17-29(26)33-30-18-10-8-16-28(30)32-31(33)27(25)21-24/h1-6,8-14,16-21H,7,15H2. The van der Waals surface area contributed by atoms with Gasteiger partial charge in [0.1, 0.15) is 5.65 Å². The van der Waals surface area contributed by atoms with E-state index in [0.717, 1.165) is 50.8 Å². The molecule has 0 radical (unpaired) electrons. The molecular formula is C31H23N2OP. The molecule has 6 aromatic rings. The van der Waals surface area contributed by atoms with Crippen LogP contribution in [0.3, 0.4) is 0 Å². The molecule has 7 rings (SSSR count). The molecule has 2 heterocycles. The molecule has 0 aliphatic heterocycles. The number of pyridine rings is 1. The Hall–Kier alpha value is -3.94. The molecule has 4 heteroatoms. The van der Waals surface area contributed by atoms with Gasteiger partial charge >= 0.3 is 0 Å². The number of nitrogens with zero attached hydrogens (tertiary/aromatic N) is 2. The third kappa shape index (κ3) is 2.98. The summed E-state index contributed by atoms with van der Waals surface area (Å²) >= 11 is 0. The van der Waals surface area contributed by atoms with E-state index in [4.69, 9.17) is 4.98 Å². The van der Waals surface area contributed by atoms with Crippen molar-refractivity contribution < 1.29 is 4.57 Å². The lowest BCUT2D eigenvalue weighted by atomic mass is 9.95. The molecule has 0 bridgehead atoms. The van der Waals surface area contributed by atoms with E-state index < -0.39 is 7.14 Å². The van der Waals surface area contributed by atoms with Crippen LogP contribution in [0, 0.1) is 0 Å². The van der Waals surface area contributed by atoms with Crippen LogP contribution in [0.2, 0.25) is 0 Å². The quantitative estimate of drug-likeness (QED) is 0.287. The van der Waals surface area contributed by atoms with E-state index >= 15 is 4.57 Å². The zero-order chi connectivity index (χ0) is 23.4. The Labute approximate surface area is 203 Å². The van der Waals surface area contributed by atoms with Gasteiger partial charge < -0.3 is 4.57 Å². The van der Waals surface area contributed by atoms with Crippen LogP contribution < -0.4 is 15.9 Å². The maximum Gasteiger partial charge on any atom is 0.171 e. The van der Waals surface area contributed by atoms with E-state index in [1.807, 2.05) is 66.7 Å². The molecule has 168 valence electrons. The molecule has 35 heavy (non-hydrogen) atoms. The maximum absolute atomic E-state index is 15.0. The van der Waals surface area contributed by atoms with E-state index in [1.165, 1.54) is 16.6 Å². The Bertz CT molecular complexity index is 1770. The minimum absolute atomic E-state index is 0.836. The van der Waals surface area contributed by atoms with Crippen molar-refractivity contribution in [3.05, 3.63) is 120 Å². The van der Waals surface area contributed by atoms with Crippen LogP contribution in [0.1, 0.15) is 17.7 Å². The first-order valence-corrected chi connectivity index (χ1v) is 13.7. The number of rotatable bonds is 3. The molecule has 0 saturated carbocycles. The monoisotopic (exact) mass is 470 g/mol. The second-order valence-electron chi connectivity index (χ2n) is 9.07. The number of aryl methyl sites for hydroxylation is 1. The number of imidazole rings is 1. The Morgan fingerprint density at radius 3 is 2.14 bits per heavy atom. The molecule has 1 aliphatic carbocycles. The third-order valence-electron chi connectivity index (χ3n) is 7.12. The van der Waals surface area contributed by atoms with Crippen LogP contribution in [0.4, 0.5) is 0 Å². The Balaban J connectivity index is 1.61.